The van der Waals surface area contributed by atoms with E-state index in [1.807, 2.05) is 26.8 Å². The van der Waals surface area contributed by atoms with Crippen LogP contribution in [0.25, 0.3) is 0 Å². The highest BCUT2D eigenvalue weighted by Crippen LogP contribution is 2.42. The molecule has 0 aromatic heterocycles. The van der Waals surface area contributed by atoms with Gasteiger partial charge in [-0.15, -0.1) is 0 Å². The minimum atomic E-state index is -0.358. The number of aryl methyl sites for hydroxylation is 2. The molecule has 0 aliphatic heterocycles. The van der Waals surface area contributed by atoms with Crippen LogP contribution in [0.1, 0.15) is 31.4 Å². The summed E-state index contributed by atoms with van der Waals surface area (Å²) in [6.45, 7) is 7.64. The van der Waals surface area contributed by atoms with E-state index in [9.17, 15) is 15.2 Å². The lowest BCUT2D eigenvalue weighted by Gasteiger charge is -2.50. The Kier molecular flexibility index (Phi) is 3.26. The number of nitro groups is 1. The predicted octanol–water partition coefficient (Wildman–Crippen LogP) is 2.78. The average molecular weight is 264 g/mol. The van der Waals surface area contributed by atoms with E-state index in [1.165, 1.54) is 0 Å². The number of nitro benzene ring substituents is 1. The maximum absolute atomic E-state index is 10.9. The third-order valence-corrected chi connectivity index (χ3v) is 4.29. The molecule has 2 unspecified atom stereocenters. The molecule has 5 heteroatoms. The van der Waals surface area contributed by atoms with Gasteiger partial charge in [-0.3, -0.25) is 10.1 Å². The van der Waals surface area contributed by atoms with Crippen LogP contribution in [0.3, 0.4) is 0 Å². The zero-order chi connectivity index (χ0) is 14.4. The summed E-state index contributed by atoms with van der Waals surface area (Å²) in [5.41, 5.74) is 2.40. The lowest BCUT2D eigenvalue weighted by molar-refractivity contribution is -0.385. The van der Waals surface area contributed by atoms with E-state index in [0.29, 0.717) is 12.0 Å². The summed E-state index contributed by atoms with van der Waals surface area (Å²) in [6.07, 6.45) is 0.423. The minimum absolute atomic E-state index is 0.149. The molecular formula is C14H20N2O3. The van der Waals surface area contributed by atoms with E-state index in [1.54, 1.807) is 13.0 Å². The first kappa shape index (κ1) is 13.8. The zero-order valence-electron chi connectivity index (χ0n) is 11.7. The lowest BCUT2D eigenvalue weighted by atomic mass is 9.64. The zero-order valence-corrected chi connectivity index (χ0v) is 11.7. The van der Waals surface area contributed by atoms with Crippen molar-refractivity contribution in [3.8, 4) is 0 Å². The van der Waals surface area contributed by atoms with Crippen LogP contribution in [0.2, 0.25) is 0 Å². The molecule has 2 atom stereocenters. The van der Waals surface area contributed by atoms with Crippen molar-refractivity contribution in [1.29, 1.82) is 0 Å². The van der Waals surface area contributed by atoms with E-state index in [-0.39, 0.29) is 28.2 Å². The largest absolute Gasteiger partial charge is 0.392 e. The van der Waals surface area contributed by atoms with Crippen LogP contribution < -0.4 is 5.32 Å². The summed E-state index contributed by atoms with van der Waals surface area (Å²) >= 11 is 0. The van der Waals surface area contributed by atoms with Crippen molar-refractivity contribution in [2.45, 2.75) is 46.3 Å². The lowest BCUT2D eigenvalue weighted by Crippen LogP contribution is -2.56. The fraction of sp³-hybridized carbons (Fsp3) is 0.571. The van der Waals surface area contributed by atoms with Gasteiger partial charge in [0.1, 0.15) is 0 Å². The second kappa shape index (κ2) is 4.49. The molecule has 5 nitrogen and oxygen atoms in total. The molecule has 1 aliphatic rings. The van der Waals surface area contributed by atoms with Gasteiger partial charge in [0.2, 0.25) is 0 Å². The van der Waals surface area contributed by atoms with Crippen molar-refractivity contribution in [3.63, 3.8) is 0 Å². The summed E-state index contributed by atoms with van der Waals surface area (Å²) in [7, 11) is 0. The van der Waals surface area contributed by atoms with Crippen molar-refractivity contribution in [3.05, 3.63) is 33.4 Å². The van der Waals surface area contributed by atoms with Crippen LogP contribution in [-0.2, 0) is 0 Å². The highest BCUT2D eigenvalue weighted by molar-refractivity contribution is 5.60. The first-order valence-corrected chi connectivity index (χ1v) is 6.43. The Hall–Kier alpha value is -1.62. The summed E-state index contributed by atoms with van der Waals surface area (Å²) in [4.78, 5) is 10.5. The van der Waals surface area contributed by atoms with E-state index >= 15 is 0 Å². The smallest absolute Gasteiger partial charge is 0.272 e. The molecule has 1 saturated carbocycles. The molecule has 0 heterocycles. The number of aliphatic hydroxyl groups is 1. The molecule has 19 heavy (non-hydrogen) atoms. The molecule has 0 spiro atoms. The summed E-state index contributed by atoms with van der Waals surface area (Å²) in [5.74, 6) is 0. The SMILES string of the molecule is Cc1cc([N+](=O)[O-])c(C)cc1NC1CC(O)C1(C)C. The Labute approximate surface area is 112 Å². The van der Waals surface area contributed by atoms with Gasteiger partial charge in [-0.25, -0.2) is 0 Å². The number of hydrogen-bond acceptors (Lipinski definition) is 4. The van der Waals surface area contributed by atoms with E-state index in [0.717, 1.165) is 11.3 Å². The third kappa shape index (κ3) is 2.30. The van der Waals surface area contributed by atoms with E-state index in [4.69, 9.17) is 0 Å². The van der Waals surface area contributed by atoms with Gasteiger partial charge in [0, 0.05) is 28.8 Å². The van der Waals surface area contributed by atoms with E-state index < -0.39 is 0 Å². The minimum Gasteiger partial charge on any atom is -0.392 e. The molecule has 104 valence electrons. The normalized spacial score (nSPS) is 24.7. The van der Waals surface area contributed by atoms with Gasteiger partial charge in [0.05, 0.1) is 11.0 Å². The highest BCUT2D eigenvalue weighted by Gasteiger charge is 2.47. The van der Waals surface area contributed by atoms with Gasteiger partial charge in [0.15, 0.2) is 0 Å². The van der Waals surface area contributed by atoms with Crippen LogP contribution in [0.15, 0.2) is 12.1 Å². The first-order chi connectivity index (χ1) is 8.73. The van der Waals surface area contributed by atoms with Crippen molar-refractivity contribution in [2.24, 2.45) is 5.41 Å². The first-order valence-electron chi connectivity index (χ1n) is 6.43. The topological polar surface area (TPSA) is 75.4 Å². The second-order valence-electron chi connectivity index (χ2n) is 5.98. The van der Waals surface area contributed by atoms with Crippen LogP contribution >= 0.6 is 0 Å². The third-order valence-electron chi connectivity index (χ3n) is 4.29. The maximum atomic E-state index is 10.9. The Bertz CT molecular complexity index is 526. The molecule has 1 fully saturated rings. The number of benzene rings is 1. The maximum Gasteiger partial charge on any atom is 0.272 e. The molecule has 2 N–H and O–H groups in total. The van der Waals surface area contributed by atoms with Crippen LogP contribution in [0.4, 0.5) is 11.4 Å². The van der Waals surface area contributed by atoms with Crippen molar-refractivity contribution >= 4 is 11.4 Å². The number of rotatable bonds is 3. The van der Waals surface area contributed by atoms with Crippen LogP contribution in [0, 0.1) is 29.4 Å². The van der Waals surface area contributed by atoms with Crippen molar-refractivity contribution in [1.82, 2.24) is 0 Å². The molecular weight excluding hydrogens is 244 g/mol. The van der Waals surface area contributed by atoms with Crippen LogP contribution in [-0.4, -0.2) is 22.2 Å². The molecule has 0 bridgehead atoms. The Balaban J connectivity index is 2.23. The molecule has 0 radical (unpaired) electrons. The van der Waals surface area contributed by atoms with Crippen molar-refractivity contribution < 1.29 is 10.0 Å². The molecule has 1 aromatic rings. The molecule has 2 rings (SSSR count). The Morgan fingerprint density at radius 1 is 1.37 bits per heavy atom. The van der Waals surface area contributed by atoms with Gasteiger partial charge in [-0.2, -0.15) is 0 Å². The molecule has 0 saturated heterocycles. The van der Waals surface area contributed by atoms with Gasteiger partial charge in [-0.05, 0) is 31.9 Å². The summed E-state index contributed by atoms with van der Waals surface area (Å²) < 4.78 is 0. The number of nitrogens with one attached hydrogen (secondary N) is 1. The van der Waals surface area contributed by atoms with Gasteiger partial charge >= 0.3 is 0 Å². The van der Waals surface area contributed by atoms with Gasteiger partial charge in [-0.1, -0.05) is 13.8 Å². The molecule has 1 aliphatic carbocycles. The van der Waals surface area contributed by atoms with Gasteiger partial charge < -0.3 is 10.4 Å². The summed E-state index contributed by atoms with van der Waals surface area (Å²) in [5, 5.41) is 24.0. The number of aliphatic hydroxyl groups excluding tert-OH is 1. The number of anilines is 1. The predicted molar refractivity (Wildman–Crippen MR) is 74.4 cm³/mol. The number of hydrogen-bond donors (Lipinski definition) is 2. The standard InChI is InChI=1S/C14H20N2O3/c1-8-6-11(16(18)19)9(2)5-10(8)15-12-7-13(17)14(12,3)4/h5-6,12-13,15,17H,7H2,1-4H3. The second-order valence-corrected chi connectivity index (χ2v) is 5.98. The van der Waals surface area contributed by atoms with Gasteiger partial charge in [0.25, 0.3) is 5.69 Å². The number of nitrogens with zero attached hydrogens (tertiary/aromatic N) is 1. The van der Waals surface area contributed by atoms with E-state index in [2.05, 4.69) is 5.32 Å². The monoisotopic (exact) mass is 264 g/mol. The molecule has 0 amide bonds. The Morgan fingerprint density at radius 3 is 2.47 bits per heavy atom. The summed E-state index contributed by atoms with van der Waals surface area (Å²) in [6, 6.07) is 3.61. The van der Waals surface area contributed by atoms with Crippen molar-refractivity contribution in [2.75, 3.05) is 5.32 Å². The Morgan fingerprint density at radius 2 is 2.00 bits per heavy atom. The highest BCUT2D eigenvalue weighted by atomic mass is 16.6. The quantitative estimate of drug-likeness (QED) is 0.650. The molecule has 1 aromatic carbocycles. The fourth-order valence-corrected chi connectivity index (χ4v) is 2.49. The fourth-order valence-electron chi connectivity index (χ4n) is 2.49. The average Bonchev–Trinajstić information content (AvgIpc) is 2.32. The van der Waals surface area contributed by atoms with Crippen LogP contribution in [0.5, 0.6) is 0 Å².